The molecule has 22 heavy (non-hydrogen) atoms. The highest BCUT2D eigenvalue weighted by Gasteiger charge is 2.07. The lowest BCUT2D eigenvalue weighted by Gasteiger charge is -2.10. The van der Waals surface area contributed by atoms with E-state index in [1.807, 2.05) is 32.9 Å². The Bertz CT molecular complexity index is 757. The Labute approximate surface area is 132 Å². The number of hydrogen-bond acceptors (Lipinski definition) is 0. The largest absolute Gasteiger partial charge is 0.345 e. The maximum Gasteiger partial charge on any atom is 0.126 e. The van der Waals surface area contributed by atoms with Crippen molar-refractivity contribution in [1.29, 1.82) is 0 Å². The van der Waals surface area contributed by atoms with Gasteiger partial charge >= 0.3 is 0 Å². The van der Waals surface area contributed by atoms with Crippen LogP contribution in [0.25, 0.3) is 16.5 Å². The average molecular weight is 297 g/mol. The minimum Gasteiger partial charge on any atom is -0.345 e. The zero-order valence-electron chi connectivity index (χ0n) is 14.0. The van der Waals surface area contributed by atoms with Gasteiger partial charge in [0, 0.05) is 23.1 Å². The van der Waals surface area contributed by atoms with Crippen LogP contribution in [0.4, 0.5) is 4.39 Å². The fourth-order valence-corrected chi connectivity index (χ4v) is 2.41. The van der Waals surface area contributed by atoms with Crippen LogP contribution < -0.4 is 0 Å². The Morgan fingerprint density at radius 3 is 2.50 bits per heavy atom. The van der Waals surface area contributed by atoms with E-state index in [0.29, 0.717) is 11.6 Å². The van der Waals surface area contributed by atoms with Crippen molar-refractivity contribution in [2.75, 3.05) is 0 Å². The molecule has 0 spiro atoms. The van der Waals surface area contributed by atoms with Gasteiger partial charge in [0.15, 0.2) is 0 Å². The van der Waals surface area contributed by atoms with Crippen LogP contribution in [0.1, 0.15) is 46.2 Å². The molecule has 0 saturated carbocycles. The normalized spacial score (nSPS) is 14.2. The molecule has 0 atom stereocenters. The van der Waals surface area contributed by atoms with Crippen molar-refractivity contribution in [3.05, 3.63) is 65.7 Å². The summed E-state index contributed by atoms with van der Waals surface area (Å²) in [6.45, 7) is 10.0. The van der Waals surface area contributed by atoms with Crippen LogP contribution in [0.3, 0.4) is 0 Å². The van der Waals surface area contributed by atoms with Gasteiger partial charge in [-0.3, -0.25) is 0 Å². The minimum absolute atomic E-state index is 0.191. The molecule has 1 nitrogen and oxygen atoms in total. The molecule has 2 rings (SSSR count). The number of nitrogens with zero attached hydrogens (tertiary/aromatic N) is 1. The molecule has 0 radical (unpaired) electrons. The monoisotopic (exact) mass is 297 g/mol. The van der Waals surface area contributed by atoms with Gasteiger partial charge in [0.05, 0.1) is 0 Å². The van der Waals surface area contributed by atoms with Crippen molar-refractivity contribution in [1.82, 2.24) is 4.57 Å². The smallest absolute Gasteiger partial charge is 0.126 e. The van der Waals surface area contributed by atoms with Crippen molar-refractivity contribution in [2.24, 2.45) is 0 Å². The van der Waals surface area contributed by atoms with Gasteiger partial charge in [-0.05, 0) is 70.0 Å². The van der Waals surface area contributed by atoms with Crippen molar-refractivity contribution >= 4 is 16.5 Å². The molecule has 116 valence electrons. The van der Waals surface area contributed by atoms with Crippen LogP contribution in [0.2, 0.25) is 0 Å². The van der Waals surface area contributed by atoms with E-state index in [-0.39, 0.29) is 5.83 Å². The van der Waals surface area contributed by atoms with E-state index in [4.69, 9.17) is 0 Å². The second-order valence-electron chi connectivity index (χ2n) is 5.93. The number of hydrogen-bond donors (Lipinski definition) is 0. The first-order chi connectivity index (χ1) is 10.4. The molecular formula is C20H24FN. The molecule has 1 aromatic heterocycles. The third-order valence-electron chi connectivity index (χ3n) is 4.02. The number of rotatable bonds is 4. The van der Waals surface area contributed by atoms with Gasteiger partial charge in [-0.15, -0.1) is 0 Å². The second kappa shape index (κ2) is 6.78. The van der Waals surface area contributed by atoms with Gasteiger partial charge in [-0.25, -0.2) is 4.39 Å². The summed E-state index contributed by atoms with van der Waals surface area (Å²) in [5.41, 5.74) is 3.83. The number of benzene rings is 1. The van der Waals surface area contributed by atoms with E-state index in [1.54, 1.807) is 6.08 Å². The van der Waals surface area contributed by atoms with E-state index in [2.05, 4.69) is 42.8 Å². The first kappa shape index (κ1) is 16.3. The van der Waals surface area contributed by atoms with E-state index in [9.17, 15) is 4.39 Å². The van der Waals surface area contributed by atoms with E-state index < -0.39 is 0 Å². The Morgan fingerprint density at radius 1 is 1.14 bits per heavy atom. The average Bonchev–Trinajstić information content (AvgIpc) is 2.94. The molecule has 0 saturated heterocycles. The lowest BCUT2D eigenvalue weighted by Crippen LogP contribution is -1.97. The zero-order valence-corrected chi connectivity index (χ0v) is 14.0. The van der Waals surface area contributed by atoms with Crippen molar-refractivity contribution in [3.63, 3.8) is 0 Å². The third-order valence-corrected chi connectivity index (χ3v) is 4.02. The molecular weight excluding hydrogens is 273 g/mol. The van der Waals surface area contributed by atoms with Gasteiger partial charge in [0.25, 0.3) is 0 Å². The SMILES string of the molecule is C/C=C(C)/C=C/C(F)=C(/C)c1ccc2c(ccn2C(C)C)c1. The maximum atomic E-state index is 14.3. The van der Waals surface area contributed by atoms with Crippen molar-refractivity contribution in [3.8, 4) is 0 Å². The zero-order chi connectivity index (χ0) is 16.3. The molecule has 0 fully saturated rings. The summed E-state index contributed by atoms with van der Waals surface area (Å²) in [6.07, 6.45) is 7.38. The number of halogens is 1. The van der Waals surface area contributed by atoms with Crippen LogP contribution in [0.5, 0.6) is 0 Å². The summed E-state index contributed by atoms with van der Waals surface area (Å²) in [7, 11) is 0. The summed E-state index contributed by atoms with van der Waals surface area (Å²) in [5.74, 6) is -0.191. The second-order valence-corrected chi connectivity index (χ2v) is 5.93. The molecule has 2 aromatic rings. The number of fused-ring (bicyclic) bond motifs is 1. The molecule has 0 amide bonds. The van der Waals surface area contributed by atoms with Crippen LogP contribution in [0, 0.1) is 0 Å². The first-order valence-electron chi connectivity index (χ1n) is 7.72. The van der Waals surface area contributed by atoms with Gasteiger partial charge in [0.1, 0.15) is 5.83 Å². The van der Waals surface area contributed by atoms with Crippen molar-refractivity contribution < 1.29 is 4.39 Å². The number of allylic oxidation sites excluding steroid dienone is 6. The summed E-state index contributed by atoms with van der Waals surface area (Å²) < 4.78 is 16.5. The Hall–Kier alpha value is -2.09. The first-order valence-corrected chi connectivity index (χ1v) is 7.72. The van der Waals surface area contributed by atoms with Gasteiger partial charge in [0.2, 0.25) is 0 Å². The van der Waals surface area contributed by atoms with Crippen molar-refractivity contribution in [2.45, 2.75) is 40.7 Å². The number of aromatic nitrogens is 1. The van der Waals surface area contributed by atoms with Crippen LogP contribution in [-0.2, 0) is 0 Å². The molecule has 0 unspecified atom stereocenters. The molecule has 0 aliphatic heterocycles. The Balaban J connectivity index is 2.40. The van der Waals surface area contributed by atoms with Crippen LogP contribution in [-0.4, -0.2) is 4.57 Å². The summed E-state index contributed by atoms with van der Waals surface area (Å²) in [6, 6.07) is 8.63. The van der Waals surface area contributed by atoms with Gasteiger partial charge in [-0.1, -0.05) is 23.8 Å². The maximum absolute atomic E-state index is 14.3. The molecule has 0 aliphatic carbocycles. The quantitative estimate of drug-likeness (QED) is 0.572. The van der Waals surface area contributed by atoms with E-state index in [1.165, 1.54) is 11.6 Å². The molecule has 1 aromatic carbocycles. The lowest BCUT2D eigenvalue weighted by molar-refractivity contribution is 0.623. The predicted octanol–water partition coefficient (Wildman–Crippen LogP) is 6.45. The van der Waals surface area contributed by atoms with Gasteiger partial charge < -0.3 is 4.57 Å². The Morgan fingerprint density at radius 2 is 1.86 bits per heavy atom. The highest BCUT2D eigenvalue weighted by molar-refractivity contribution is 5.85. The topological polar surface area (TPSA) is 4.93 Å². The van der Waals surface area contributed by atoms with E-state index in [0.717, 1.165) is 16.5 Å². The molecule has 0 bridgehead atoms. The third kappa shape index (κ3) is 3.38. The summed E-state index contributed by atoms with van der Waals surface area (Å²) in [5, 5.41) is 1.15. The van der Waals surface area contributed by atoms with E-state index >= 15 is 0 Å². The fraction of sp³-hybridized carbons (Fsp3) is 0.300. The standard InChI is InChI=1S/C20H24FN/c1-6-15(4)7-9-19(21)16(5)17-8-10-20-18(13-17)11-12-22(20)14(2)3/h6-14H,1-5H3/b9-7+,15-6+,19-16+. The molecule has 2 heteroatoms. The van der Waals surface area contributed by atoms with Crippen LogP contribution in [0.15, 0.2) is 60.1 Å². The highest BCUT2D eigenvalue weighted by Crippen LogP contribution is 2.26. The molecule has 0 aliphatic rings. The van der Waals surface area contributed by atoms with Crippen LogP contribution >= 0.6 is 0 Å². The molecule has 0 N–H and O–H groups in total. The molecule has 1 heterocycles. The minimum atomic E-state index is -0.191. The Kier molecular flexibility index (Phi) is 5.02. The highest BCUT2D eigenvalue weighted by atomic mass is 19.1. The fourth-order valence-electron chi connectivity index (χ4n) is 2.41. The van der Waals surface area contributed by atoms with Gasteiger partial charge in [-0.2, -0.15) is 0 Å². The summed E-state index contributed by atoms with van der Waals surface area (Å²) in [4.78, 5) is 0. The predicted molar refractivity (Wildman–Crippen MR) is 94.6 cm³/mol. The lowest BCUT2D eigenvalue weighted by atomic mass is 10.0. The summed E-state index contributed by atoms with van der Waals surface area (Å²) >= 11 is 0.